The molecule has 1 amide bonds. The van der Waals surface area contributed by atoms with E-state index < -0.39 is 0 Å². The number of amides is 1. The van der Waals surface area contributed by atoms with E-state index in [9.17, 15) is 9.18 Å². The Bertz CT molecular complexity index is 701. The van der Waals surface area contributed by atoms with Crippen LogP contribution in [0.1, 0.15) is 30.0 Å². The first kappa shape index (κ1) is 15.3. The monoisotopic (exact) mass is 314 g/mol. The summed E-state index contributed by atoms with van der Waals surface area (Å²) in [6, 6.07) is 11.4. The van der Waals surface area contributed by atoms with E-state index >= 15 is 0 Å². The van der Waals surface area contributed by atoms with Crippen LogP contribution >= 0.6 is 0 Å². The molecule has 2 aromatic rings. The topological polar surface area (TPSA) is 64.3 Å². The van der Waals surface area contributed by atoms with Gasteiger partial charge in [-0.05, 0) is 66.8 Å². The number of fused-ring (bicyclic) bond motifs is 1. The Kier molecular flexibility index (Phi) is 4.46. The number of hydrogen-bond acceptors (Lipinski definition) is 3. The number of nitrogen functional groups attached to an aromatic ring is 1. The van der Waals surface area contributed by atoms with Crippen LogP contribution in [0.25, 0.3) is 0 Å². The fourth-order valence-electron chi connectivity index (χ4n) is 2.90. The molecule has 1 unspecified atom stereocenters. The van der Waals surface area contributed by atoms with Gasteiger partial charge in [-0.25, -0.2) is 4.39 Å². The van der Waals surface area contributed by atoms with E-state index in [0.717, 1.165) is 30.5 Å². The highest BCUT2D eigenvalue weighted by Gasteiger charge is 2.21. The molecular formula is C18H19FN2O2. The molecule has 0 saturated carbocycles. The second-order valence-electron chi connectivity index (χ2n) is 5.71. The van der Waals surface area contributed by atoms with Crippen molar-refractivity contribution < 1.29 is 13.9 Å². The molecule has 0 bridgehead atoms. The molecule has 0 saturated heterocycles. The summed E-state index contributed by atoms with van der Waals surface area (Å²) < 4.78 is 18.2. The smallest absolute Gasteiger partial charge is 0.258 e. The number of hydrogen-bond donors (Lipinski definition) is 2. The van der Waals surface area contributed by atoms with Crippen molar-refractivity contribution >= 4 is 11.6 Å². The van der Waals surface area contributed by atoms with Gasteiger partial charge in [-0.3, -0.25) is 4.79 Å². The lowest BCUT2D eigenvalue weighted by molar-refractivity contribution is -0.123. The average molecular weight is 314 g/mol. The lowest BCUT2D eigenvalue weighted by Crippen LogP contribution is -2.34. The Morgan fingerprint density at radius 2 is 2.04 bits per heavy atom. The third-order valence-electron chi connectivity index (χ3n) is 4.00. The SMILES string of the molecule is Nc1ccc2c(c1)CCCC2NC(=O)COc1ccc(F)cc1. The average Bonchev–Trinajstić information content (AvgIpc) is 2.54. The van der Waals surface area contributed by atoms with Crippen molar-refractivity contribution in [2.45, 2.75) is 25.3 Å². The fourth-order valence-corrected chi connectivity index (χ4v) is 2.90. The largest absolute Gasteiger partial charge is 0.484 e. The number of carbonyl (C=O) groups excluding carboxylic acids is 1. The molecule has 3 rings (SSSR count). The van der Waals surface area contributed by atoms with Gasteiger partial charge < -0.3 is 15.8 Å². The molecule has 1 aliphatic carbocycles. The molecule has 3 N–H and O–H groups in total. The van der Waals surface area contributed by atoms with Crippen molar-refractivity contribution in [3.63, 3.8) is 0 Å². The van der Waals surface area contributed by atoms with Crippen LogP contribution in [0.5, 0.6) is 5.75 Å². The van der Waals surface area contributed by atoms with Gasteiger partial charge in [-0.1, -0.05) is 6.07 Å². The van der Waals surface area contributed by atoms with Crippen molar-refractivity contribution in [2.24, 2.45) is 0 Å². The Labute approximate surface area is 134 Å². The van der Waals surface area contributed by atoms with Crippen LogP contribution in [0.15, 0.2) is 42.5 Å². The minimum absolute atomic E-state index is 0.0105. The third kappa shape index (κ3) is 3.80. The quantitative estimate of drug-likeness (QED) is 0.853. The van der Waals surface area contributed by atoms with E-state index in [4.69, 9.17) is 10.5 Å². The van der Waals surface area contributed by atoms with Crippen molar-refractivity contribution in [2.75, 3.05) is 12.3 Å². The Morgan fingerprint density at radius 1 is 1.26 bits per heavy atom. The van der Waals surface area contributed by atoms with Crippen molar-refractivity contribution in [3.8, 4) is 5.75 Å². The number of halogens is 1. The predicted octanol–water partition coefficient (Wildman–Crippen LogP) is 2.98. The van der Waals surface area contributed by atoms with E-state index in [-0.39, 0.29) is 24.4 Å². The molecule has 0 spiro atoms. The van der Waals surface area contributed by atoms with E-state index in [2.05, 4.69) is 5.32 Å². The molecule has 120 valence electrons. The van der Waals surface area contributed by atoms with Gasteiger partial charge in [0.15, 0.2) is 6.61 Å². The number of benzene rings is 2. The Hall–Kier alpha value is -2.56. The van der Waals surface area contributed by atoms with Crippen LogP contribution < -0.4 is 15.8 Å². The van der Waals surface area contributed by atoms with Crippen molar-refractivity contribution in [1.82, 2.24) is 5.32 Å². The molecule has 1 aliphatic rings. The number of ether oxygens (including phenoxy) is 1. The van der Waals surface area contributed by atoms with Gasteiger partial charge in [-0.2, -0.15) is 0 Å². The van der Waals surface area contributed by atoms with E-state index in [1.807, 2.05) is 18.2 Å². The summed E-state index contributed by atoms with van der Waals surface area (Å²) in [6.45, 7) is -0.0908. The van der Waals surface area contributed by atoms with Crippen molar-refractivity contribution in [3.05, 3.63) is 59.4 Å². The van der Waals surface area contributed by atoms with Crippen LogP contribution in [0.2, 0.25) is 0 Å². The maximum atomic E-state index is 12.8. The summed E-state index contributed by atoms with van der Waals surface area (Å²) in [5, 5.41) is 3.00. The standard InChI is InChI=1S/C18H19FN2O2/c19-13-4-7-15(8-5-13)23-11-18(22)21-17-3-1-2-12-10-14(20)6-9-16(12)17/h4-10,17H,1-3,11,20H2,(H,21,22). The minimum atomic E-state index is -0.333. The highest BCUT2D eigenvalue weighted by molar-refractivity contribution is 5.78. The Morgan fingerprint density at radius 3 is 2.83 bits per heavy atom. The third-order valence-corrected chi connectivity index (χ3v) is 4.00. The highest BCUT2D eigenvalue weighted by Crippen LogP contribution is 2.30. The maximum absolute atomic E-state index is 12.8. The van der Waals surface area contributed by atoms with E-state index in [1.165, 1.54) is 29.8 Å². The summed E-state index contributed by atoms with van der Waals surface area (Å²) >= 11 is 0. The molecular weight excluding hydrogens is 295 g/mol. The number of anilines is 1. The van der Waals surface area contributed by atoms with Crippen LogP contribution in [-0.2, 0) is 11.2 Å². The zero-order valence-electron chi connectivity index (χ0n) is 12.7. The molecule has 1 atom stereocenters. The molecule has 0 radical (unpaired) electrons. The fraction of sp³-hybridized carbons (Fsp3) is 0.278. The van der Waals surface area contributed by atoms with Gasteiger partial charge in [0.2, 0.25) is 0 Å². The highest BCUT2D eigenvalue weighted by atomic mass is 19.1. The minimum Gasteiger partial charge on any atom is -0.484 e. The predicted molar refractivity (Wildman–Crippen MR) is 86.6 cm³/mol. The van der Waals surface area contributed by atoms with E-state index in [0.29, 0.717) is 5.75 Å². The molecule has 4 nitrogen and oxygen atoms in total. The zero-order valence-corrected chi connectivity index (χ0v) is 12.7. The molecule has 0 heterocycles. The normalized spacial score (nSPS) is 16.5. The zero-order chi connectivity index (χ0) is 16.2. The first-order valence-corrected chi connectivity index (χ1v) is 7.68. The second-order valence-corrected chi connectivity index (χ2v) is 5.71. The summed E-state index contributed by atoms with van der Waals surface area (Å²) in [6.07, 6.45) is 2.90. The van der Waals surface area contributed by atoms with Gasteiger partial charge in [-0.15, -0.1) is 0 Å². The lowest BCUT2D eigenvalue weighted by Gasteiger charge is -2.26. The molecule has 0 aromatic heterocycles. The summed E-state index contributed by atoms with van der Waals surface area (Å²) in [5.74, 6) is -0.0535. The molecule has 2 aromatic carbocycles. The lowest BCUT2D eigenvalue weighted by atomic mass is 9.87. The Balaban J connectivity index is 1.59. The maximum Gasteiger partial charge on any atom is 0.258 e. The molecule has 0 aliphatic heterocycles. The van der Waals surface area contributed by atoms with Crippen LogP contribution in [0.3, 0.4) is 0 Å². The van der Waals surface area contributed by atoms with E-state index in [1.54, 1.807) is 0 Å². The number of carbonyl (C=O) groups is 1. The molecule has 5 heteroatoms. The van der Waals surface area contributed by atoms with Gasteiger partial charge >= 0.3 is 0 Å². The first-order valence-electron chi connectivity index (χ1n) is 7.68. The number of aryl methyl sites for hydroxylation is 1. The van der Waals surface area contributed by atoms with Crippen LogP contribution in [0, 0.1) is 5.82 Å². The summed E-state index contributed by atoms with van der Waals surface area (Å²) in [5.41, 5.74) is 8.88. The van der Waals surface area contributed by atoms with Crippen molar-refractivity contribution in [1.29, 1.82) is 0 Å². The number of rotatable bonds is 4. The van der Waals surface area contributed by atoms with Gasteiger partial charge in [0.1, 0.15) is 11.6 Å². The second kappa shape index (κ2) is 6.69. The van der Waals surface area contributed by atoms with Crippen LogP contribution in [0.4, 0.5) is 10.1 Å². The number of nitrogens with one attached hydrogen (secondary N) is 1. The van der Waals surface area contributed by atoms with Gasteiger partial charge in [0.25, 0.3) is 5.91 Å². The van der Waals surface area contributed by atoms with Gasteiger partial charge in [0.05, 0.1) is 6.04 Å². The summed E-state index contributed by atoms with van der Waals surface area (Å²) in [7, 11) is 0. The number of nitrogens with two attached hydrogens (primary N) is 1. The van der Waals surface area contributed by atoms with Crippen LogP contribution in [-0.4, -0.2) is 12.5 Å². The summed E-state index contributed by atoms with van der Waals surface area (Å²) in [4.78, 5) is 12.1. The first-order chi connectivity index (χ1) is 11.1. The molecule has 23 heavy (non-hydrogen) atoms. The molecule has 0 fully saturated rings. The van der Waals surface area contributed by atoms with Gasteiger partial charge in [0, 0.05) is 5.69 Å².